The first kappa shape index (κ1) is 21.6. The molecule has 2 aromatic rings. The topological polar surface area (TPSA) is 66.8 Å². The summed E-state index contributed by atoms with van der Waals surface area (Å²) in [6.07, 6.45) is 3.04. The first-order valence-corrected chi connectivity index (χ1v) is 10.9. The molecule has 1 aliphatic carbocycles. The van der Waals surface area contributed by atoms with E-state index in [4.69, 9.17) is 4.74 Å². The van der Waals surface area contributed by atoms with Crippen molar-refractivity contribution in [3.63, 3.8) is 0 Å². The van der Waals surface area contributed by atoms with Crippen LogP contribution in [0.1, 0.15) is 51.2 Å². The van der Waals surface area contributed by atoms with Crippen molar-refractivity contribution in [2.75, 3.05) is 13.2 Å². The predicted octanol–water partition coefficient (Wildman–Crippen LogP) is 3.89. The first-order chi connectivity index (χ1) is 14.6. The zero-order valence-electron chi connectivity index (χ0n) is 18.5. The van der Waals surface area contributed by atoms with Gasteiger partial charge in [-0.05, 0) is 41.2 Å². The second-order valence-electron chi connectivity index (χ2n) is 10.3. The van der Waals surface area contributed by atoms with Crippen LogP contribution in [0.2, 0.25) is 0 Å². The molecule has 5 nitrogen and oxygen atoms in total. The number of carbonyl (C=O) groups is 2. The predicted molar refractivity (Wildman–Crippen MR) is 118 cm³/mol. The zero-order chi connectivity index (χ0) is 22.3. The van der Waals surface area contributed by atoms with Crippen LogP contribution >= 0.6 is 0 Å². The number of likely N-dealkylation sites (tertiary alicyclic amines) is 1. The summed E-state index contributed by atoms with van der Waals surface area (Å²) < 4.78 is 5.44. The van der Waals surface area contributed by atoms with Crippen molar-refractivity contribution in [2.45, 2.75) is 51.7 Å². The van der Waals surface area contributed by atoms with E-state index in [1.165, 1.54) is 0 Å². The Bertz CT molecular complexity index is 916. The molecule has 0 unspecified atom stereocenters. The normalized spacial score (nSPS) is 24.6. The van der Waals surface area contributed by atoms with Gasteiger partial charge in [0.15, 0.2) is 6.61 Å². The summed E-state index contributed by atoms with van der Waals surface area (Å²) in [5.41, 5.74) is -0.849. The number of esters is 1. The van der Waals surface area contributed by atoms with Crippen molar-refractivity contribution in [1.29, 1.82) is 0 Å². The highest BCUT2D eigenvalue weighted by Gasteiger charge is 2.51. The van der Waals surface area contributed by atoms with E-state index in [1.54, 1.807) is 48.5 Å². The van der Waals surface area contributed by atoms with Gasteiger partial charge in [-0.25, -0.2) is 4.79 Å². The van der Waals surface area contributed by atoms with E-state index < -0.39 is 11.6 Å². The summed E-state index contributed by atoms with van der Waals surface area (Å²) in [5.74, 6) is -1.03. The fraction of sp³-hybridized carbons (Fsp3) is 0.462. The van der Waals surface area contributed by atoms with Gasteiger partial charge >= 0.3 is 5.97 Å². The molecule has 2 fully saturated rings. The number of benzene rings is 2. The largest absolute Gasteiger partial charge is 0.453 e. The maximum Gasteiger partial charge on any atom is 0.348 e. The van der Waals surface area contributed by atoms with Gasteiger partial charge in [0.2, 0.25) is 5.60 Å². The van der Waals surface area contributed by atoms with Crippen LogP contribution in [0.25, 0.3) is 0 Å². The monoisotopic (exact) mass is 421 g/mol. The van der Waals surface area contributed by atoms with Crippen molar-refractivity contribution < 1.29 is 19.4 Å². The van der Waals surface area contributed by atoms with E-state index >= 15 is 0 Å². The molecular formula is C26H31NO4. The van der Waals surface area contributed by atoms with E-state index in [-0.39, 0.29) is 29.4 Å². The van der Waals surface area contributed by atoms with Gasteiger partial charge in [-0.3, -0.25) is 4.79 Å². The van der Waals surface area contributed by atoms with Crippen LogP contribution in [0.4, 0.5) is 0 Å². The molecular weight excluding hydrogens is 390 g/mol. The smallest absolute Gasteiger partial charge is 0.348 e. The Kier molecular flexibility index (Phi) is 5.42. The van der Waals surface area contributed by atoms with Crippen molar-refractivity contribution >= 4 is 11.9 Å². The number of hydrogen-bond acceptors (Lipinski definition) is 4. The van der Waals surface area contributed by atoms with Gasteiger partial charge in [0, 0.05) is 12.6 Å². The quantitative estimate of drug-likeness (QED) is 0.744. The summed E-state index contributed by atoms with van der Waals surface area (Å²) in [4.78, 5) is 28.0. The molecule has 1 amide bonds. The maximum atomic E-state index is 13.1. The fourth-order valence-electron chi connectivity index (χ4n) is 5.83. The first-order valence-electron chi connectivity index (χ1n) is 10.9. The Morgan fingerprint density at radius 1 is 1.00 bits per heavy atom. The third-order valence-electron chi connectivity index (χ3n) is 6.74. The molecule has 164 valence electrons. The Labute approximate surface area is 184 Å². The number of carbonyl (C=O) groups excluding carboxylic acids is 2. The van der Waals surface area contributed by atoms with Crippen molar-refractivity contribution in [1.82, 2.24) is 4.90 Å². The second kappa shape index (κ2) is 7.79. The van der Waals surface area contributed by atoms with Crippen LogP contribution in [0.5, 0.6) is 0 Å². The average molecular weight is 422 g/mol. The van der Waals surface area contributed by atoms with E-state index in [9.17, 15) is 14.7 Å². The highest BCUT2D eigenvalue weighted by molar-refractivity contribution is 5.88. The van der Waals surface area contributed by atoms with Crippen LogP contribution in [-0.2, 0) is 19.9 Å². The molecule has 1 aliphatic heterocycles. The molecule has 2 atom stereocenters. The SMILES string of the molecule is CC1(C)C[C@H]2C[C@](C)(CN2C(=O)COC(=O)C(O)(c2ccccc2)c2ccccc2)C1. The van der Waals surface area contributed by atoms with E-state index in [1.807, 2.05) is 17.0 Å². The van der Waals surface area contributed by atoms with Crippen LogP contribution in [0.3, 0.4) is 0 Å². The third kappa shape index (κ3) is 4.11. The van der Waals surface area contributed by atoms with Gasteiger partial charge in [0.25, 0.3) is 5.91 Å². The minimum absolute atomic E-state index is 0.112. The molecule has 1 heterocycles. The third-order valence-corrected chi connectivity index (χ3v) is 6.74. The Morgan fingerprint density at radius 2 is 1.55 bits per heavy atom. The average Bonchev–Trinajstić information content (AvgIpc) is 3.01. The summed E-state index contributed by atoms with van der Waals surface area (Å²) in [5, 5.41) is 11.5. The highest BCUT2D eigenvalue weighted by atomic mass is 16.6. The lowest BCUT2D eigenvalue weighted by molar-refractivity contribution is -0.166. The van der Waals surface area contributed by atoms with E-state index in [2.05, 4.69) is 20.8 Å². The molecule has 1 saturated carbocycles. The molecule has 0 radical (unpaired) electrons. The number of aliphatic hydroxyl groups is 1. The summed E-state index contributed by atoms with van der Waals surface area (Å²) >= 11 is 0. The van der Waals surface area contributed by atoms with Gasteiger partial charge in [-0.15, -0.1) is 0 Å². The molecule has 0 aromatic heterocycles. The van der Waals surface area contributed by atoms with Gasteiger partial charge in [0.1, 0.15) is 0 Å². The summed E-state index contributed by atoms with van der Waals surface area (Å²) in [6, 6.07) is 17.6. The molecule has 1 N–H and O–H groups in total. The Balaban J connectivity index is 1.51. The molecule has 2 aromatic carbocycles. The lowest BCUT2D eigenvalue weighted by Gasteiger charge is -2.39. The number of ether oxygens (including phenoxy) is 1. The standard InChI is InChI=1S/C26H31NO4/c1-24(2)14-21-15-25(3,17-24)18-27(21)22(28)16-31-23(29)26(30,19-10-6-4-7-11-19)20-12-8-5-9-13-20/h4-13,21,30H,14-18H2,1-3H3/t21-,25-/m0/s1. The number of nitrogens with zero attached hydrogens (tertiary/aromatic N) is 1. The lowest BCUT2D eigenvalue weighted by Crippen LogP contribution is -2.43. The Morgan fingerprint density at radius 3 is 2.10 bits per heavy atom. The van der Waals surface area contributed by atoms with Gasteiger partial charge < -0.3 is 14.7 Å². The van der Waals surface area contributed by atoms with Gasteiger partial charge in [0.05, 0.1) is 0 Å². The van der Waals surface area contributed by atoms with Gasteiger partial charge in [-0.2, -0.15) is 0 Å². The van der Waals surface area contributed by atoms with Crippen LogP contribution in [0.15, 0.2) is 60.7 Å². The molecule has 0 spiro atoms. The van der Waals surface area contributed by atoms with Crippen molar-refractivity contribution in [3.8, 4) is 0 Å². The minimum Gasteiger partial charge on any atom is -0.453 e. The molecule has 2 aliphatic rings. The Hall–Kier alpha value is -2.66. The van der Waals surface area contributed by atoms with Crippen molar-refractivity contribution in [3.05, 3.63) is 71.8 Å². The number of hydrogen-bond donors (Lipinski definition) is 1. The minimum atomic E-state index is -1.97. The van der Waals surface area contributed by atoms with Crippen LogP contribution < -0.4 is 0 Å². The highest BCUT2D eigenvalue weighted by Crippen LogP contribution is 2.52. The van der Waals surface area contributed by atoms with Crippen LogP contribution in [-0.4, -0.2) is 41.1 Å². The van der Waals surface area contributed by atoms with Crippen LogP contribution in [0, 0.1) is 10.8 Å². The zero-order valence-corrected chi connectivity index (χ0v) is 18.5. The lowest BCUT2D eigenvalue weighted by atomic mass is 9.65. The van der Waals surface area contributed by atoms with Gasteiger partial charge in [-0.1, -0.05) is 81.4 Å². The number of amides is 1. The summed E-state index contributed by atoms with van der Waals surface area (Å²) in [7, 11) is 0. The number of rotatable bonds is 5. The molecule has 5 heteroatoms. The molecule has 31 heavy (non-hydrogen) atoms. The fourth-order valence-corrected chi connectivity index (χ4v) is 5.83. The van der Waals surface area contributed by atoms with Crippen molar-refractivity contribution in [2.24, 2.45) is 10.8 Å². The number of fused-ring (bicyclic) bond motifs is 2. The van der Waals surface area contributed by atoms with E-state index in [0.29, 0.717) is 17.7 Å². The molecule has 2 bridgehead atoms. The molecule has 4 rings (SSSR count). The maximum absolute atomic E-state index is 13.1. The van der Waals surface area contributed by atoms with E-state index in [0.717, 1.165) is 19.3 Å². The molecule has 1 saturated heterocycles. The summed E-state index contributed by atoms with van der Waals surface area (Å²) in [6.45, 7) is 7.08. The second-order valence-corrected chi connectivity index (χ2v) is 10.3.